The lowest BCUT2D eigenvalue weighted by molar-refractivity contribution is 0.102. The Kier molecular flexibility index (Phi) is 5.91. The zero-order valence-electron chi connectivity index (χ0n) is 15.3. The molecule has 1 saturated heterocycles. The highest BCUT2D eigenvalue weighted by Crippen LogP contribution is 2.21. The molecule has 1 aliphatic rings. The molecule has 144 valence electrons. The second-order valence-corrected chi connectivity index (χ2v) is 8.53. The van der Waals surface area contributed by atoms with Crippen molar-refractivity contribution in [2.24, 2.45) is 5.73 Å². The SMILES string of the molecule is CN1CCN(S(=O)(=O)c2cccc(NC(=O)c3ccc(CN)cc3)c2)CC1. The normalized spacial score (nSPS) is 16.2. The maximum Gasteiger partial charge on any atom is 0.255 e. The van der Waals surface area contributed by atoms with Crippen molar-refractivity contribution in [1.82, 2.24) is 9.21 Å². The summed E-state index contributed by atoms with van der Waals surface area (Å²) in [6.07, 6.45) is 0. The van der Waals surface area contributed by atoms with Gasteiger partial charge in [0.2, 0.25) is 10.0 Å². The molecule has 1 aliphatic heterocycles. The van der Waals surface area contributed by atoms with E-state index in [9.17, 15) is 13.2 Å². The molecule has 0 radical (unpaired) electrons. The topological polar surface area (TPSA) is 95.7 Å². The van der Waals surface area contributed by atoms with Gasteiger partial charge in [-0.3, -0.25) is 4.79 Å². The van der Waals surface area contributed by atoms with Gasteiger partial charge in [-0.2, -0.15) is 4.31 Å². The molecule has 1 amide bonds. The molecule has 27 heavy (non-hydrogen) atoms. The van der Waals surface area contributed by atoms with Crippen molar-refractivity contribution in [2.75, 3.05) is 38.5 Å². The van der Waals surface area contributed by atoms with Crippen molar-refractivity contribution >= 4 is 21.6 Å². The van der Waals surface area contributed by atoms with Gasteiger partial charge in [-0.25, -0.2) is 8.42 Å². The number of likely N-dealkylation sites (N-methyl/N-ethyl adjacent to an activating group) is 1. The van der Waals surface area contributed by atoms with Gasteiger partial charge in [0.25, 0.3) is 5.91 Å². The summed E-state index contributed by atoms with van der Waals surface area (Å²) in [5.74, 6) is -0.298. The molecule has 0 aromatic heterocycles. The van der Waals surface area contributed by atoms with Crippen molar-refractivity contribution in [3.8, 4) is 0 Å². The molecule has 8 heteroatoms. The fourth-order valence-corrected chi connectivity index (χ4v) is 4.38. The summed E-state index contributed by atoms with van der Waals surface area (Å²) in [6, 6.07) is 13.3. The molecular weight excluding hydrogens is 364 g/mol. The second-order valence-electron chi connectivity index (χ2n) is 6.59. The van der Waals surface area contributed by atoms with Gasteiger partial charge in [0.05, 0.1) is 4.90 Å². The first-order valence-corrected chi connectivity index (χ1v) is 10.2. The van der Waals surface area contributed by atoms with E-state index >= 15 is 0 Å². The van der Waals surface area contributed by atoms with Crippen LogP contribution in [0.5, 0.6) is 0 Å². The summed E-state index contributed by atoms with van der Waals surface area (Å²) in [4.78, 5) is 14.7. The fraction of sp³-hybridized carbons (Fsp3) is 0.316. The molecule has 3 N–H and O–H groups in total. The van der Waals surface area contributed by atoms with Crippen LogP contribution in [0, 0.1) is 0 Å². The molecule has 3 rings (SSSR count). The zero-order chi connectivity index (χ0) is 19.4. The van der Waals surface area contributed by atoms with Crippen molar-refractivity contribution < 1.29 is 13.2 Å². The Morgan fingerprint density at radius 2 is 1.74 bits per heavy atom. The monoisotopic (exact) mass is 388 g/mol. The van der Waals surface area contributed by atoms with Crippen LogP contribution >= 0.6 is 0 Å². The van der Waals surface area contributed by atoms with Crippen LogP contribution in [0.15, 0.2) is 53.4 Å². The zero-order valence-corrected chi connectivity index (χ0v) is 16.1. The summed E-state index contributed by atoms with van der Waals surface area (Å²) < 4.78 is 27.2. The third kappa shape index (κ3) is 4.54. The summed E-state index contributed by atoms with van der Waals surface area (Å²) >= 11 is 0. The highest BCUT2D eigenvalue weighted by atomic mass is 32.2. The molecule has 0 spiro atoms. The van der Waals surface area contributed by atoms with Crippen LogP contribution < -0.4 is 11.1 Å². The molecule has 0 saturated carbocycles. The van der Waals surface area contributed by atoms with E-state index in [0.29, 0.717) is 44.0 Å². The number of benzene rings is 2. The Balaban J connectivity index is 1.75. The van der Waals surface area contributed by atoms with Gasteiger partial charge in [0.15, 0.2) is 0 Å². The Hall–Kier alpha value is -2.26. The number of carbonyl (C=O) groups excluding carboxylic acids is 1. The quantitative estimate of drug-likeness (QED) is 0.806. The first-order chi connectivity index (χ1) is 12.9. The Morgan fingerprint density at radius 1 is 1.07 bits per heavy atom. The Morgan fingerprint density at radius 3 is 2.37 bits per heavy atom. The molecule has 0 bridgehead atoms. The van der Waals surface area contributed by atoms with E-state index in [0.717, 1.165) is 5.56 Å². The summed E-state index contributed by atoms with van der Waals surface area (Å²) in [5, 5.41) is 2.76. The summed E-state index contributed by atoms with van der Waals surface area (Å²) in [6.45, 7) is 2.74. The Bertz CT molecular complexity index is 905. The van der Waals surface area contributed by atoms with Crippen molar-refractivity contribution in [3.63, 3.8) is 0 Å². The average Bonchev–Trinajstić information content (AvgIpc) is 2.68. The molecule has 0 aliphatic carbocycles. The maximum atomic E-state index is 12.9. The third-order valence-electron chi connectivity index (χ3n) is 4.64. The van der Waals surface area contributed by atoms with Gasteiger partial charge in [-0.05, 0) is 42.9 Å². The smallest absolute Gasteiger partial charge is 0.255 e. The molecule has 0 unspecified atom stereocenters. The third-order valence-corrected chi connectivity index (χ3v) is 6.54. The molecule has 1 heterocycles. The molecular formula is C19H24N4O3S. The number of amides is 1. The van der Waals surface area contributed by atoms with Gasteiger partial charge in [0, 0.05) is 44.0 Å². The number of rotatable bonds is 5. The highest BCUT2D eigenvalue weighted by molar-refractivity contribution is 7.89. The standard InChI is InChI=1S/C19H24N4O3S/c1-22-9-11-23(12-10-22)27(25,26)18-4-2-3-17(13-18)21-19(24)16-7-5-15(14-20)6-8-16/h2-8,13H,9-12,14,20H2,1H3,(H,21,24). The first-order valence-electron chi connectivity index (χ1n) is 8.79. The molecule has 1 fully saturated rings. The number of carbonyl (C=O) groups is 1. The summed E-state index contributed by atoms with van der Waals surface area (Å²) in [7, 11) is -1.60. The maximum absolute atomic E-state index is 12.9. The lowest BCUT2D eigenvalue weighted by Gasteiger charge is -2.31. The van der Waals surface area contributed by atoms with E-state index in [1.54, 1.807) is 42.5 Å². The van der Waals surface area contributed by atoms with Crippen LogP contribution in [0.3, 0.4) is 0 Å². The van der Waals surface area contributed by atoms with Gasteiger partial charge in [-0.15, -0.1) is 0 Å². The number of hydrogen-bond donors (Lipinski definition) is 2. The lowest BCUT2D eigenvalue weighted by Crippen LogP contribution is -2.47. The second kappa shape index (κ2) is 8.18. The summed E-state index contributed by atoms with van der Waals surface area (Å²) in [5.41, 5.74) is 7.43. The number of piperazine rings is 1. The molecule has 2 aromatic rings. The van der Waals surface area contributed by atoms with E-state index in [2.05, 4.69) is 10.2 Å². The highest BCUT2D eigenvalue weighted by Gasteiger charge is 2.27. The first kappa shape index (κ1) is 19.5. The van der Waals surface area contributed by atoms with E-state index in [1.165, 1.54) is 10.4 Å². The largest absolute Gasteiger partial charge is 0.326 e. The number of hydrogen-bond acceptors (Lipinski definition) is 5. The van der Waals surface area contributed by atoms with Crippen molar-refractivity contribution in [2.45, 2.75) is 11.4 Å². The number of nitrogens with two attached hydrogens (primary N) is 1. The van der Waals surface area contributed by atoms with Crippen molar-refractivity contribution in [3.05, 3.63) is 59.7 Å². The van der Waals surface area contributed by atoms with Gasteiger partial charge < -0.3 is 16.0 Å². The molecule has 7 nitrogen and oxygen atoms in total. The minimum absolute atomic E-state index is 0.184. The number of nitrogens with zero attached hydrogens (tertiary/aromatic N) is 2. The number of anilines is 1. The minimum Gasteiger partial charge on any atom is -0.326 e. The van der Waals surface area contributed by atoms with Crippen LogP contribution in [-0.2, 0) is 16.6 Å². The Labute approximate surface area is 159 Å². The van der Waals surface area contributed by atoms with Crippen molar-refractivity contribution in [1.29, 1.82) is 0 Å². The van der Waals surface area contributed by atoms with E-state index in [4.69, 9.17) is 5.73 Å². The predicted molar refractivity (Wildman–Crippen MR) is 105 cm³/mol. The van der Waals surface area contributed by atoms with Crippen LogP contribution in [-0.4, -0.2) is 56.8 Å². The molecule has 0 atom stereocenters. The molecule has 2 aromatic carbocycles. The van der Waals surface area contributed by atoms with Crippen LogP contribution in [0.4, 0.5) is 5.69 Å². The number of sulfonamides is 1. The predicted octanol–water partition coefficient (Wildman–Crippen LogP) is 1.33. The van der Waals surface area contributed by atoms with Crippen LogP contribution in [0.2, 0.25) is 0 Å². The van der Waals surface area contributed by atoms with Crippen LogP contribution in [0.25, 0.3) is 0 Å². The van der Waals surface area contributed by atoms with Crippen LogP contribution in [0.1, 0.15) is 15.9 Å². The van der Waals surface area contributed by atoms with Gasteiger partial charge in [-0.1, -0.05) is 18.2 Å². The van der Waals surface area contributed by atoms with E-state index in [-0.39, 0.29) is 10.8 Å². The average molecular weight is 388 g/mol. The van der Waals surface area contributed by atoms with Gasteiger partial charge in [0.1, 0.15) is 0 Å². The lowest BCUT2D eigenvalue weighted by atomic mass is 10.1. The number of nitrogens with one attached hydrogen (secondary N) is 1. The minimum atomic E-state index is -3.58. The fourth-order valence-electron chi connectivity index (χ4n) is 2.91. The van der Waals surface area contributed by atoms with Gasteiger partial charge >= 0.3 is 0 Å². The van der Waals surface area contributed by atoms with E-state index in [1.807, 2.05) is 7.05 Å². The van der Waals surface area contributed by atoms with E-state index < -0.39 is 10.0 Å².